The summed E-state index contributed by atoms with van der Waals surface area (Å²) in [7, 11) is 1.65. The Morgan fingerprint density at radius 1 is 1.29 bits per heavy atom. The minimum absolute atomic E-state index is 0.233. The standard InChI is InChI=1S/C16H18BrClO3/c1-3-14-12(6-7-20-14)16(18)11-4-5-15(13(17)10-11)21-9-8-19-2/h4-7,10,16H,3,8-9H2,1-2H3. The van der Waals surface area contributed by atoms with Crippen molar-refractivity contribution < 1.29 is 13.9 Å². The quantitative estimate of drug-likeness (QED) is 0.508. The molecule has 2 rings (SSSR count). The zero-order valence-corrected chi connectivity index (χ0v) is 14.4. The molecule has 0 aliphatic carbocycles. The molecule has 1 atom stereocenters. The van der Waals surface area contributed by atoms with Gasteiger partial charge in [-0.2, -0.15) is 0 Å². The van der Waals surface area contributed by atoms with Gasteiger partial charge in [-0.15, -0.1) is 11.6 Å². The van der Waals surface area contributed by atoms with Gasteiger partial charge in [0.25, 0.3) is 0 Å². The number of alkyl halides is 1. The Labute approximate surface area is 138 Å². The summed E-state index contributed by atoms with van der Waals surface area (Å²) in [6.07, 6.45) is 2.51. The number of benzene rings is 1. The Bertz CT molecular complexity index is 583. The Balaban J connectivity index is 2.15. The maximum atomic E-state index is 6.57. The van der Waals surface area contributed by atoms with Gasteiger partial charge in [0.1, 0.15) is 18.1 Å². The van der Waals surface area contributed by atoms with Gasteiger partial charge in [0.2, 0.25) is 0 Å². The molecule has 0 saturated carbocycles. The molecule has 5 heteroatoms. The van der Waals surface area contributed by atoms with Gasteiger partial charge in [-0.25, -0.2) is 0 Å². The highest BCUT2D eigenvalue weighted by molar-refractivity contribution is 9.10. The Hall–Kier alpha value is -0.970. The van der Waals surface area contributed by atoms with Crippen molar-refractivity contribution in [3.8, 4) is 5.75 Å². The fraction of sp³-hybridized carbons (Fsp3) is 0.375. The van der Waals surface area contributed by atoms with Crippen LogP contribution in [0.4, 0.5) is 0 Å². The zero-order chi connectivity index (χ0) is 15.2. The van der Waals surface area contributed by atoms with Gasteiger partial charge in [-0.3, -0.25) is 0 Å². The van der Waals surface area contributed by atoms with Crippen molar-refractivity contribution in [2.24, 2.45) is 0 Å². The van der Waals surface area contributed by atoms with E-state index in [4.69, 9.17) is 25.5 Å². The van der Waals surface area contributed by atoms with Crippen LogP contribution < -0.4 is 4.74 Å². The second-order valence-electron chi connectivity index (χ2n) is 4.55. The van der Waals surface area contributed by atoms with Crippen molar-refractivity contribution in [3.63, 3.8) is 0 Å². The summed E-state index contributed by atoms with van der Waals surface area (Å²) < 4.78 is 16.9. The van der Waals surface area contributed by atoms with Gasteiger partial charge in [0.15, 0.2) is 0 Å². The van der Waals surface area contributed by atoms with Gasteiger partial charge in [0, 0.05) is 19.1 Å². The first-order chi connectivity index (χ1) is 10.2. The molecule has 1 unspecified atom stereocenters. The van der Waals surface area contributed by atoms with Crippen LogP contribution in [0.5, 0.6) is 5.75 Å². The molecule has 0 radical (unpaired) electrons. The molecule has 1 aromatic heterocycles. The lowest BCUT2D eigenvalue weighted by Gasteiger charge is -2.13. The molecule has 3 nitrogen and oxygen atoms in total. The van der Waals surface area contributed by atoms with E-state index in [1.807, 2.05) is 24.3 Å². The maximum Gasteiger partial charge on any atom is 0.133 e. The van der Waals surface area contributed by atoms with Crippen LogP contribution in [0.2, 0.25) is 0 Å². The number of furan rings is 1. The number of aryl methyl sites for hydroxylation is 1. The molecule has 0 saturated heterocycles. The Morgan fingerprint density at radius 2 is 2.10 bits per heavy atom. The van der Waals surface area contributed by atoms with E-state index in [0.717, 1.165) is 33.5 Å². The molecule has 0 amide bonds. The lowest BCUT2D eigenvalue weighted by molar-refractivity contribution is 0.146. The summed E-state index contributed by atoms with van der Waals surface area (Å²) in [5.74, 6) is 1.70. The van der Waals surface area contributed by atoms with E-state index in [1.54, 1.807) is 13.4 Å². The van der Waals surface area contributed by atoms with Crippen molar-refractivity contribution in [2.75, 3.05) is 20.3 Å². The van der Waals surface area contributed by atoms with Crippen LogP contribution in [0.1, 0.15) is 29.2 Å². The fourth-order valence-corrected chi connectivity index (χ4v) is 2.91. The monoisotopic (exact) mass is 372 g/mol. The lowest BCUT2D eigenvalue weighted by Crippen LogP contribution is -2.05. The van der Waals surface area contributed by atoms with Gasteiger partial charge in [0.05, 0.1) is 22.7 Å². The first-order valence-electron chi connectivity index (χ1n) is 6.78. The molecule has 1 aromatic carbocycles. The van der Waals surface area contributed by atoms with Crippen molar-refractivity contribution in [2.45, 2.75) is 18.7 Å². The van der Waals surface area contributed by atoms with Crippen LogP contribution in [0, 0.1) is 0 Å². The number of hydrogen-bond donors (Lipinski definition) is 0. The fourth-order valence-electron chi connectivity index (χ4n) is 2.07. The molecule has 0 spiro atoms. The third-order valence-corrected chi connectivity index (χ3v) is 4.27. The summed E-state index contributed by atoms with van der Waals surface area (Å²) in [6.45, 7) is 3.12. The normalized spacial score (nSPS) is 12.4. The molecule has 0 bridgehead atoms. The summed E-state index contributed by atoms with van der Waals surface area (Å²) in [5, 5.41) is -0.233. The van der Waals surface area contributed by atoms with E-state index < -0.39 is 0 Å². The highest BCUT2D eigenvalue weighted by Gasteiger charge is 2.17. The second-order valence-corrected chi connectivity index (χ2v) is 5.84. The third-order valence-electron chi connectivity index (χ3n) is 3.17. The van der Waals surface area contributed by atoms with Crippen LogP contribution in [0.15, 0.2) is 39.4 Å². The molecule has 0 fully saturated rings. The van der Waals surface area contributed by atoms with Gasteiger partial charge in [-0.05, 0) is 39.7 Å². The van der Waals surface area contributed by atoms with Crippen molar-refractivity contribution in [1.82, 2.24) is 0 Å². The number of halogens is 2. The first-order valence-corrected chi connectivity index (χ1v) is 8.01. The average Bonchev–Trinajstić information content (AvgIpc) is 2.96. The highest BCUT2D eigenvalue weighted by atomic mass is 79.9. The number of methoxy groups -OCH3 is 1. The number of ether oxygens (including phenoxy) is 2. The summed E-state index contributed by atoms with van der Waals surface area (Å²) >= 11 is 10.1. The van der Waals surface area contributed by atoms with Crippen LogP contribution in [-0.2, 0) is 11.2 Å². The lowest BCUT2D eigenvalue weighted by atomic mass is 10.0. The minimum Gasteiger partial charge on any atom is -0.490 e. The molecular formula is C16H18BrClO3. The summed E-state index contributed by atoms with van der Waals surface area (Å²) in [6, 6.07) is 7.78. The van der Waals surface area contributed by atoms with E-state index >= 15 is 0 Å². The van der Waals surface area contributed by atoms with E-state index in [9.17, 15) is 0 Å². The van der Waals surface area contributed by atoms with E-state index in [1.165, 1.54) is 0 Å². The molecule has 0 N–H and O–H groups in total. The topological polar surface area (TPSA) is 31.6 Å². The maximum absolute atomic E-state index is 6.57. The summed E-state index contributed by atoms with van der Waals surface area (Å²) in [5.41, 5.74) is 2.01. The first kappa shape index (κ1) is 16.4. The molecule has 0 aliphatic heterocycles. The molecule has 0 aliphatic rings. The molecule has 114 valence electrons. The SMILES string of the molecule is CCc1occc1C(Cl)c1ccc(OCCOC)c(Br)c1. The van der Waals surface area contributed by atoms with Crippen LogP contribution in [0.25, 0.3) is 0 Å². The largest absolute Gasteiger partial charge is 0.490 e. The van der Waals surface area contributed by atoms with Gasteiger partial charge >= 0.3 is 0 Å². The summed E-state index contributed by atoms with van der Waals surface area (Å²) in [4.78, 5) is 0. The number of hydrogen-bond acceptors (Lipinski definition) is 3. The molecule has 2 aromatic rings. The van der Waals surface area contributed by atoms with Crippen LogP contribution >= 0.6 is 27.5 Å². The Kier molecular flexibility index (Phi) is 6.15. The molecule has 21 heavy (non-hydrogen) atoms. The molecule has 1 heterocycles. The van der Waals surface area contributed by atoms with E-state index in [-0.39, 0.29) is 5.38 Å². The number of rotatable bonds is 7. The van der Waals surface area contributed by atoms with Crippen LogP contribution in [0.3, 0.4) is 0 Å². The van der Waals surface area contributed by atoms with E-state index in [2.05, 4.69) is 22.9 Å². The third kappa shape index (κ3) is 4.02. The highest BCUT2D eigenvalue weighted by Crippen LogP contribution is 2.36. The minimum atomic E-state index is -0.233. The van der Waals surface area contributed by atoms with Crippen molar-refractivity contribution in [1.29, 1.82) is 0 Å². The zero-order valence-electron chi connectivity index (χ0n) is 12.1. The predicted octanol–water partition coefficient (Wildman–Crippen LogP) is 4.96. The predicted molar refractivity (Wildman–Crippen MR) is 87.3 cm³/mol. The average molecular weight is 374 g/mol. The Morgan fingerprint density at radius 3 is 2.76 bits per heavy atom. The van der Waals surface area contributed by atoms with Gasteiger partial charge in [-0.1, -0.05) is 13.0 Å². The van der Waals surface area contributed by atoms with Crippen molar-refractivity contribution >= 4 is 27.5 Å². The second kappa shape index (κ2) is 7.87. The van der Waals surface area contributed by atoms with Crippen LogP contribution in [-0.4, -0.2) is 20.3 Å². The van der Waals surface area contributed by atoms with Gasteiger partial charge < -0.3 is 13.9 Å². The smallest absolute Gasteiger partial charge is 0.133 e. The van der Waals surface area contributed by atoms with Crippen molar-refractivity contribution in [3.05, 3.63) is 51.9 Å². The van der Waals surface area contributed by atoms with E-state index in [0.29, 0.717) is 13.2 Å². The molecular weight excluding hydrogens is 356 g/mol.